The molecule has 3 heterocycles. The number of carbonyl (C=O) groups excluding carboxylic acids is 2. The number of likely N-dealkylation sites (N-methyl/N-ethyl adjacent to an activating group) is 1. The van der Waals surface area contributed by atoms with Crippen LogP contribution in [-0.2, 0) is 23.1 Å². The fraction of sp³-hybridized carbons (Fsp3) is 0.217. The first-order chi connectivity index (χ1) is 15.7. The summed E-state index contributed by atoms with van der Waals surface area (Å²) in [6.45, 7) is 1.20. The Hall–Kier alpha value is -3.85. The molecule has 33 heavy (non-hydrogen) atoms. The molecular formula is C23H20ClN3O6. The van der Waals surface area contributed by atoms with Crippen LogP contribution in [-0.4, -0.2) is 40.0 Å². The average Bonchev–Trinajstić information content (AvgIpc) is 3.39. The second kappa shape index (κ2) is 8.95. The number of amides is 1. The van der Waals surface area contributed by atoms with Gasteiger partial charge in [0.25, 0.3) is 11.5 Å². The molecule has 170 valence electrons. The minimum absolute atomic E-state index is 0.0219. The Morgan fingerprint density at radius 1 is 1.15 bits per heavy atom. The van der Waals surface area contributed by atoms with E-state index in [2.05, 4.69) is 4.98 Å². The van der Waals surface area contributed by atoms with E-state index in [-0.39, 0.29) is 29.0 Å². The minimum atomic E-state index is -0.832. The lowest BCUT2D eigenvalue weighted by atomic mass is 10.2. The van der Waals surface area contributed by atoms with Gasteiger partial charge in [0.1, 0.15) is 34.6 Å². The second-order valence-electron chi connectivity index (χ2n) is 7.47. The zero-order valence-corrected chi connectivity index (χ0v) is 18.9. The highest BCUT2D eigenvalue weighted by molar-refractivity contribution is 6.30. The van der Waals surface area contributed by atoms with Crippen LogP contribution in [0.2, 0.25) is 5.02 Å². The fourth-order valence-electron chi connectivity index (χ4n) is 3.30. The molecule has 1 aromatic carbocycles. The maximum Gasteiger partial charge on any atom is 0.343 e. The van der Waals surface area contributed by atoms with E-state index in [1.54, 1.807) is 31.3 Å². The summed E-state index contributed by atoms with van der Waals surface area (Å²) in [4.78, 5) is 42.9. The van der Waals surface area contributed by atoms with Gasteiger partial charge in [0, 0.05) is 24.7 Å². The highest BCUT2D eigenvalue weighted by Crippen LogP contribution is 2.25. The third kappa shape index (κ3) is 4.54. The lowest BCUT2D eigenvalue weighted by molar-refractivity contribution is -0.133. The number of esters is 1. The summed E-state index contributed by atoms with van der Waals surface area (Å²) in [7, 11) is 3.08. The van der Waals surface area contributed by atoms with Crippen molar-refractivity contribution in [1.29, 1.82) is 0 Å². The van der Waals surface area contributed by atoms with Crippen molar-refractivity contribution in [3.05, 3.63) is 75.2 Å². The standard InChI is InChI=1S/C23H20ClN3O6/c1-13-19(20-21(32-13)25-12-27(3)22(20)29)23(30)31-11-18(28)26(2)10-16-8-9-17(33-16)14-4-6-15(24)7-5-14/h4-9,12H,10-11H2,1-3H3. The van der Waals surface area contributed by atoms with E-state index in [1.807, 2.05) is 12.1 Å². The van der Waals surface area contributed by atoms with Crippen LogP contribution in [0.3, 0.4) is 0 Å². The maximum absolute atomic E-state index is 12.6. The van der Waals surface area contributed by atoms with Gasteiger partial charge in [0.15, 0.2) is 6.61 Å². The predicted molar refractivity (Wildman–Crippen MR) is 120 cm³/mol. The van der Waals surface area contributed by atoms with Crippen molar-refractivity contribution in [3.8, 4) is 11.3 Å². The summed E-state index contributed by atoms with van der Waals surface area (Å²) in [6.07, 6.45) is 1.30. The third-order valence-corrected chi connectivity index (χ3v) is 5.34. The first-order valence-corrected chi connectivity index (χ1v) is 10.3. The number of carbonyl (C=O) groups is 2. The number of fused-ring (bicyclic) bond motifs is 1. The van der Waals surface area contributed by atoms with Crippen LogP contribution in [0.4, 0.5) is 0 Å². The van der Waals surface area contributed by atoms with Gasteiger partial charge in [-0.1, -0.05) is 11.6 Å². The quantitative estimate of drug-likeness (QED) is 0.397. The van der Waals surface area contributed by atoms with Crippen molar-refractivity contribution in [1.82, 2.24) is 14.5 Å². The summed E-state index contributed by atoms with van der Waals surface area (Å²) >= 11 is 5.91. The molecule has 0 spiro atoms. The Bertz CT molecular complexity index is 1400. The Morgan fingerprint density at radius 2 is 1.88 bits per heavy atom. The van der Waals surface area contributed by atoms with Crippen LogP contribution < -0.4 is 5.56 Å². The van der Waals surface area contributed by atoms with Crippen molar-refractivity contribution in [2.24, 2.45) is 7.05 Å². The normalized spacial score (nSPS) is 11.0. The van der Waals surface area contributed by atoms with Gasteiger partial charge in [-0.15, -0.1) is 0 Å². The molecule has 0 radical (unpaired) electrons. The fourth-order valence-corrected chi connectivity index (χ4v) is 3.42. The van der Waals surface area contributed by atoms with Crippen molar-refractivity contribution >= 4 is 34.6 Å². The molecule has 0 aliphatic carbocycles. The van der Waals surface area contributed by atoms with E-state index in [0.29, 0.717) is 16.5 Å². The first-order valence-electron chi connectivity index (χ1n) is 9.95. The third-order valence-electron chi connectivity index (χ3n) is 5.09. The molecule has 0 saturated heterocycles. The summed E-state index contributed by atoms with van der Waals surface area (Å²) in [5.41, 5.74) is 0.423. The summed E-state index contributed by atoms with van der Waals surface area (Å²) in [5, 5.41) is 0.647. The van der Waals surface area contributed by atoms with Crippen LogP contribution in [0.25, 0.3) is 22.4 Å². The molecule has 9 nitrogen and oxygen atoms in total. The number of nitrogens with zero attached hydrogens (tertiary/aromatic N) is 3. The number of furan rings is 2. The van der Waals surface area contributed by atoms with Crippen LogP contribution in [0.5, 0.6) is 0 Å². The molecular weight excluding hydrogens is 450 g/mol. The first kappa shape index (κ1) is 22.3. The second-order valence-corrected chi connectivity index (χ2v) is 7.91. The van der Waals surface area contributed by atoms with Gasteiger partial charge < -0.3 is 23.0 Å². The molecule has 0 bridgehead atoms. The van der Waals surface area contributed by atoms with Crippen LogP contribution in [0, 0.1) is 6.92 Å². The number of ether oxygens (including phenoxy) is 1. The Morgan fingerprint density at radius 3 is 2.61 bits per heavy atom. The summed E-state index contributed by atoms with van der Waals surface area (Å²) < 4.78 is 17.6. The molecule has 10 heteroatoms. The molecule has 0 aliphatic rings. The van der Waals surface area contributed by atoms with E-state index in [0.717, 1.165) is 5.56 Å². The van der Waals surface area contributed by atoms with Crippen molar-refractivity contribution in [3.63, 3.8) is 0 Å². The van der Waals surface area contributed by atoms with Crippen LogP contribution >= 0.6 is 11.6 Å². The molecule has 0 fully saturated rings. The number of halogens is 1. The minimum Gasteiger partial charge on any atom is -0.459 e. The van der Waals surface area contributed by atoms with Crippen LogP contribution in [0.15, 0.2) is 56.4 Å². The molecule has 0 saturated carbocycles. The number of hydrogen-bond acceptors (Lipinski definition) is 7. The van der Waals surface area contributed by atoms with E-state index in [9.17, 15) is 14.4 Å². The van der Waals surface area contributed by atoms with Gasteiger partial charge in [0.05, 0.1) is 6.54 Å². The van der Waals surface area contributed by atoms with Gasteiger partial charge in [-0.25, -0.2) is 9.78 Å². The van der Waals surface area contributed by atoms with E-state index in [1.165, 1.54) is 29.8 Å². The molecule has 0 aliphatic heterocycles. The van der Waals surface area contributed by atoms with Gasteiger partial charge in [0.2, 0.25) is 5.71 Å². The number of aryl methyl sites for hydroxylation is 2. The molecule has 0 N–H and O–H groups in total. The zero-order chi connectivity index (χ0) is 23.7. The maximum atomic E-state index is 12.6. The topological polar surface area (TPSA) is 108 Å². The van der Waals surface area contributed by atoms with Crippen molar-refractivity contribution < 1.29 is 23.2 Å². The number of rotatable bonds is 6. The van der Waals surface area contributed by atoms with E-state index < -0.39 is 24.0 Å². The monoisotopic (exact) mass is 469 g/mol. The SMILES string of the molecule is Cc1oc2ncn(C)c(=O)c2c1C(=O)OCC(=O)N(C)Cc1ccc(-c2ccc(Cl)cc2)o1. The molecule has 0 unspecified atom stereocenters. The summed E-state index contributed by atoms with van der Waals surface area (Å²) in [5.74, 6) is 0.127. The molecule has 0 atom stereocenters. The summed E-state index contributed by atoms with van der Waals surface area (Å²) in [6, 6.07) is 10.8. The van der Waals surface area contributed by atoms with E-state index in [4.69, 9.17) is 25.2 Å². The zero-order valence-electron chi connectivity index (χ0n) is 18.1. The average molecular weight is 470 g/mol. The lowest BCUT2D eigenvalue weighted by Crippen LogP contribution is -2.31. The molecule has 1 amide bonds. The lowest BCUT2D eigenvalue weighted by Gasteiger charge is -2.15. The Labute approximate surface area is 193 Å². The van der Waals surface area contributed by atoms with Gasteiger partial charge in [-0.3, -0.25) is 9.59 Å². The van der Waals surface area contributed by atoms with Gasteiger partial charge in [-0.05, 0) is 43.3 Å². The molecule has 4 rings (SSSR count). The highest BCUT2D eigenvalue weighted by Gasteiger charge is 2.25. The van der Waals surface area contributed by atoms with Crippen molar-refractivity contribution in [2.45, 2.75) is 13.5 Å². The van der Waals surface area contributed by atoms with Crippen LogP contribution in [0.1, 0.15) is 21.9 Å². The molecule has 3 aromatic heterocycles. The number of benzene rings is 1. The van der Waals surface area contributed by atoms with E-state index >= 15 is 0 Å². The highest BCUT2D eigenvalue weighted by atomic mass is 35.5. The van der Waals surface area contributed by atoms with Crippen molar-refractivity contribution in [2.75, 3.05) is 13.7 Å². The predicted octanol–water partition coefficient (Wildman–Crippen LogP) is 3.56. The smallest absolute Gasteiger partial charge is 0.343 e. The number of aromatic nitrogens is 2. The van der Waals surface area contributed by atoms with Gasteiger partial charge >= 0.3 is 5.97 Å². The Balaban J connectivity index is 1.40. The van der Waals surface area contributed by atoms with Gasteiger partial charge in [-0.2, -0.15) is 0 Å². The number of hydrogen-bond donors (Lipinski definition) is 0. The largest absolute Gasteiger partial charge is 0.459 e. The Kier molecular flexibility index (Phi) is 6.06. The molecule has 4 aromatic rings.